The van der Waals surface area contributed by atoms with E-state index in [1.54, 1.807) is 0 Å². The Labute approximate surface area is 102 Å². The van der Waals surface area contributed by atoms with Crippen LogP contribution in [0, 0.1) is 0 Å². The molecule has 1 aliphatic rings. The third-order valence-electron chi connectivity index (χ3n) is 2.72. The van der Waals surface area contributed by atoms with E-state index in [9.17, 15) is 24.6 Å². The molecule has 0 amide bonds. The average Bonchev–Trinajstić information content (AvgIpc) is 2.31. The maximum Gasteiger partial charge on any atom is 0.234 e. The molecule has 1 aromatic rings. The third kappa shape index (κ3) is 1.69. The molecule has 2 N–H and O–H groups in total. The first kappa shape index (κ1) is 12.0. The van der Waals surface area contributed by atoms with Gasteiger partial charge in [-0.1, -0.05) is 6.07 Å². The van der Waals surface area contributed by atoms with Gasteiger partial charge in [0.25, 0.3) is 0 Å². The van der Waals surface area contributed by atoms with Crippen molar-refractivity contribution in [2.24, 2.45) is 0 Å². The minimum absolute atomic E-state index is 0.0511. The molecule has 0 heterocycles. The fourth-order valence-electron chi connectivity index (χ4n) is 1.91. The fraction of sp³-hybridized carbons (Fsp3) is 0.154. The van der Waals surface area contributed by atoms with Gasteiger partial charge in [-0.25, -0.2) is 0 Å². The molecule has 0 aromatic heterocycles. The first-order chi connectivity index (χ1) is 8.43. The smallest absolute Gasteiger partial charge is 0.234 e. The number of carbonyl (C=O) groups is 3. The van der Waals surface area contributed by atoms with Gasteiger partial charge in [-0.3, -0.25) is 14.4 Å². The second-order valence-electron chi connectivity index (χ2n) is 4.06. The minimum Gasteiger partial charge on any atom is -0.507 e. The Bertz CT molecular complexity index is 610. The van der Waals surface area contributed by atoms with Crippen LogP contribution >= 0.6 is 0 Å². The van der Waals surface area contributed by atoms with Crippen LogP contribution in [0.4, 0.5) is 0 Å². The lowest BCUT2D eigenvalue weighted by atomic mass is 9.86. The van der Waals surface area contributed by atoms with Crippen molar-refractivity contribution in [3.63, 3.8) is 0 Å². The van der Waals surface area contributed by atoms with Crippen molar-refractivity contribution in [3.05, 3.63) is 34.9 Å². The second-order valence-corrected chi connectivity index (χ2v) is 4.06. The highest BCUT2D eigenvalue weighted by atomic mass is 16.3. The van der Waals surface area contributed by atoms with Crippen LogP contribution in [0.25, 0.3) is 5.76 Å². The Morgan fingerprint density at radius 3 is 2.44 bits per heavy atom. The quantitative estimate of drug-likeness (QED) is 0.769. The largest absolute Gasteiger partial charge is 0.507 e. The molecule has 0 saturated heterocycles. The molecule has 0 saturated carbocycles. The number of phenolic OH excluding ortho intramolecular Hbond substituents is 1. The molecule has 0 radical (unpaired) electrons. The average molecular weight is 246 g/mol. The van der Waals surface area contributed by atoms with Gasteiger partial charge in [-0.05, 0) is 19.1 Å². The van der Waals surface area contributed by atoms with Gasteiger partial charge < -0.3 is 10.2 Å². The number of hydrogen-bond acceptors (Lipinski definition) is 5. The molecule has 1 aliphatic carbocycles. The number of phenols is 1. The van der Waals surface area contributed by atoms with Crippen LogP contribution in [-0.2, 0) is 9.59 Å². The van der Waals surface area contributed by atoms with Gasteiger partial charge in [0.2, 0.25) is 11.6 Å². The summed E-state index contributed by atoms with van der Waals surface area (Å²) in [4.78, 5) is 34.6. The summed E-state index contributed by atoms with van der Waals surface area (Å²) in [5.74, 6) is -2.87. The fourth-order valence-corrected chi connectivity index (χ4v) is 1.91. The van der Waals surface area contributed by atoms with Crippen molar-refractivity contribution in [1.29, 1.82) is 0 Å². The number of hydrogen-bond donors (Lipinski definition) is 2. The number of aromatic hydroxyl groups is 1. The number of aliphatic hydroxyl groups excluding tert-OH is 1. The first-order valence-corrected chi connectivity index (χ1v) is 5.26. The van der Waals surface area contributed by atoms with E-state index in [1.165, 1.54) is 25.1 Å². The lowest BCUT2D eigenvalue weighted by Crippen LogP contribution is -2.25. The second kappa shape index (κ2) is 4.10. The van der Waals surface area contributed by atoms with Crippen LogP contribution in [0.5, 0.6) is 5.75 Å². The molecule has 2 rings (SSSR count). The number of ketones is 3. The Hall–Kier alpha value is -2.43. The summed E-state index contributed by atoms with van der Waals surface area (Å²) in [6.45, 7) is 1.25. The van der Waals surface area contributed by atoms with E-state index in [4.69, 9.17) is 0 Å². The van der Waals surface area contributed by atoms with E-state index >= 15 is 0 Å². The number of rotatable bonds is 2. The number of benzene rings is 1. The maximum absolute atomic E-state index is 11.8. The summed E-state index contributed by atoms with van der Waals surface area (Å²) in [6.07, 6.45) is -0.329. The molecule has 0 bridgehead atoms. The van der Waals surface area contributed by atoms with Gasteiger partial charge >= 0.3 is 0 Å². The lowest BCUT2D eigenvalue weighted by molar-refractivity contribution is -0.118. The summed E-state index contributed by atoms with van der Waals surface area (Å²) in [5.41, 5.74) is -0.398. The Kier molecular flexibility index (Phi) is 2.74. The van der Waals surface area contributed by atoms with E-state index in [0.717, 1.165) is 0 Å². The van der Waals surface area contributed by atoms with E-state index in [-0.39, 0.29) is 34.7 Å². The summed E-state index contributed by atoms with van der Waals surface area (Å²) in [6, 6.07) is 4.04. The summed E-state index contributed by atoms with van der Waals surface area (Å²) < 4.78 is 0. The molecule has 92 valence electrons. The Morgan fingerprint density at radius 2 is 1.83 bits per heavy atom. The molecule has 0 atom stereocenters. The standard InChI is InChI=1S/C13H10O5/c1-6(14)5-8-11(16)10-7(12(17)13(8)18)3-2-4-9(10)15/h2-4,15-16H,5H2,1H3. The Morgan fingerprint density at radius 1 is 1.17 bits per heavy atom. The number of carbonyl (C=O) groups excluding carboxylic acids is 3. The number of aliphatic hydroxyl groups is 1. The molecule has 0 aliphatic heterocycles. The van der Waals surface area contributed by atoms with E-state index < -0.39 is 17.3 Å². The van der Waals surface area contributed by atoms with Gasteiger partial charge in [0.05, 0.1) is 11.1 Å². The highest BCUT2D eigenvalue weighted by Crippen LogP contribution is 2.35. The maximum atomic E-state index is 11.8. The molecule has 1 aromatic carbocycles. The van der Waals surface area contributed by atoms with E-state index in [1.807, 2.05) is 0 Å². The van der Waals surface area contributed by atoms with E-state index in [0.29, 0.717) is 0 Å². The monoisotopic (exact) mass is 246 g/mol. The van der Waals surface area contributed by atoms with Crippen molar-refractivity contribution >= 4 is 23.1 Å². The van der Waals surface area contributed by atoms with Gasteiger partial charge in [0.1, 0.15) is 17.3 Å². The highest BCUT2D eigenvalue weighted by Gasteiger charge is 2.34. The van der Waals surface area contributed by atoms with Crippen LogP contribution in [0.2, 0.25) is 0 Å². The summed E-state index contributed by atoms with van der Waals surface area (Å²) in [7, 11) is 0. The minimum atomic E-state index is -0.902. The molecule has 0 unspecified atom stereocenters. The van der Waals surface area contributed by atoms with Crippen LogP contribution in [0.1, 0.15) is 29.3 Å². The number of fused-ring (bicyclic) bond motifs is 1. The molecule has 18 heavy (non-hydrogen) atoms. The highest BCUT2D eigenvalue weighted by molar-refractivity contribution is 6.52. The van der Waals surface area contributed by atoms with Gasteiger partial charge in [-0.2, -0.15) is 0 Å². The molecular weight excluding hydrogens is 236 g/mol. The van der Waals surface area contributed by atoms with Gasteiger partial charge in [0, 0.05) is 12.0 Å². The van der Waals surface area contributed by atoms with Crippen molar-refractivity contribution in [3.8, 4) is 5.75 Å². The lowest BCUT2D eigenvalue weighted by Gasteiger charge is -2.17. The third-order valence-corrected chi connectivity index (χ3v) is 2.72. The van der Waals surface area contributed by atoms with Crippen molar-refractivity contribution in [2.75, 3.05) is 0 Å². The van der Waals surface area contributed by atoms with E-state index in [2.05, 4.69) is 0 Å². The number of Topliss-reactive ketones (excluding diaryl/α,β-unsaturated/α-hetero) is 3. The van der Waals surface area contributed by atoms with Gasteiger partial charge in [-0.15, -0.1) is 0 Å². The van der Waals surface area contributed by atoms with Crippen LogP contribution in [0.3, 0.4) is 0 Å². The van der Waals surface area contributed by atoms with Crippen LogP contribution in [-0.4, -0.2) is 27.6 Å². The molecule has 0 fully saturated rings. The topological polar surface area (TPSA) is 91.7 Å². The predicted molar refractivity (Wildman–Crippen MR) is 62.3 cm³/mol. The van der Waals surface area contributed by atoms with Gasteiger partial charge in [0.15, 0.2) is 0 Å². The zero-order chi connectivity index (χ0) is 13.4. The molecule has 0 spiro atoms. The molecular formula is C13H10O5. The van der Waals surface area contributed by atoms with Crippen LogP contribution in [0.15, 0.2) is 23.8 Å². The van der Waals surface area contributed by atoms with Crippen molar-refractivity contribution < 1.29 is 24.6 Å². The SMILES string of the molecule is CC(=O)CC1=C(O)c2c(O)cccc2C(=O)C1=O. The Balaban J connectivity index is 2.71. The first-order valence-electron chi connectivity index (χ1n) is 5.26. The zero-order valence-corrected chi connectivity index (χ0v) is 9.56. The predicted octanol–water partition coefficient (Wildman–Crippen LogP) is 1.41. The van der Waals surface area contributed by atoms with Crippen molar-refractivity contribution in [2.45, 2.75) is 13.3 Å². The molecule has 5 heteroatoms. The summed E-state index contributed by atoms with van der Waals surface area (Å²) >= 11 is 0. The van der Waals surface area contributed by atoms with Crippen molar-refractivity contribution in [1.82, 2.24) is 0 Å². The van der Waals surface area contributed by atoms with Crippen LogP contribution < -0.4 is 0 Å². The normalized spacial score (nSPS) is 14.7. The molecule has 5 nitrogen and oxygen atoms in total. The summed E-state index contributed by atoms with van der Waals surface area (Å²) in [5, 5.41) is 19.6. The number of allylic oxidation sites excluding steroid dienone is 1. The zero-order valence-electron chi connectivity index (χ0n) is 9.56.